The third-order valence-electron chi connectivity index (χ3n) is 2.38. The van der Waals surface area contributed by atoms with Gasteiger partial charge in [-0.3, -0.25) is 4.79 Å². The molecule has 6 nitrogen and oxygen atoms in total. The predicted molar refractivity (Wildman–Crippen MR) is 66.0 cm³/mol. The number of H-pyrrole nitrogens is 1. The molecule has 1 aromatic rings. The standard InChI is InChI=1S/C10H14BrN3O3/c1-10(2)16-5-6(17-10)3-12-7-4-13-14-9(15)8(7)11/h4,6H,3,5H2,1-2H3,(H2,12,14,15). The summed E-state index contributed by atoms with van der Waals surface area (Å²) in [5, 5.41) is 9.15. The highest BCUT2D eigenvalue weighted by molar-refractivity contribution is 9.10. The Hall–Kier alpha value is -0.920. The van der Waals surface area contributed by atoms with Crippen LogP contribution < -0.4 is 10.9 Å². The second-order valence-electron chi connectivity index (χ2n) is 4.26. The minimum Gasteiger partial charge on any atom is -0.380 e. The minimum absolute atomic E-state index is 0.0313. The van der Waals surface area contributed by atoms with Gasteiger partial charge >= 0.3 is 0 Å². The largest absolute Gasteiger partial charge is 0.380 e. The van der Waals surface area contributed by atoms with Crippen molar-refractivity contribution >= 4 is 21.6 Å². The number of aromatic amines is 1. The summed E-state index contributed by atoms with van der Waals surface area (Å²) in [4.78, 5) is 11.3. The van der Waals surface area contributed by atoms with Crippen LogP contribution >= 0.6 is 15.9 Å². The lowest BCUT2D eigenvalue weighted by Crippen LogP contribution is -2.26. The van der Waals surface area contributed by atoms with Crippen molar-refractivity contribution in [2.75, 3.05) is 18.5 Å². The molecule has 2 N–H and O–H groups in total. The Kier molecular flexibility index (Phi) is 3.50. The summed E-state index contributed by atoms with van der Waals surface area (Å²) in [6.45, 7) is 4.84. The number of ether oxygens (including phenoxy) is 2. The molecule has 0 amide bonds. The van der Waals surface area contributed by atoms with Crippen molar-refractivity contribution in [1.29, 1.82) is 0 Å². The van der Waals surface area contributed by atoms with Gasteiger partial charge in [0.05, 0.1) is 18.5 Å². The van der Waals surface area contributed by atoms with Gasteiger partial charge in [-0.05, 0) is 29.8 Å². The summed E-state index contributed by atoms with van der Waals surface area (Å²) in [7, 11) is 0. The Labute approximate surface area is 107 Å². The van der Waals surface area contributed by atoms with Crippen molar-refractivity contribution < 1.29 is 9.47 Å². The van der Waals surface area contributed by atoms with Crippen LogP contribution in [0.1, 0.15) is 13.8 Å². The van der Waals surface area contributed by atoms with E-state index in [1.807, 2.05) is 13.8 Å². The van der Waals surface area contributed by atoms with Gasteiger partial charge in [-0.15, -0.1) is 0 Å². The number of halogens is 1. The van der Waals surface area contributed by atoms with E-state index in [4.69, 9.17) is 9.47 Å². The van der Waals surface area contributed by atoms with Crippen molar-refractivity contribution in [2.45, 2.75) is 25.7 Å². The molecule has 0 radical (unpaired) electrons. The molecular weight excluding hydrogens is 290 g/mol. The van der Waals surface area contributed by atoms with E-state index in [1.54, 1.807) is 6.20 Å². The van der Waals surface area contributed by atoms with E-state index < -0.39 is 5.79 Å². The van der Waals surface area contributed by atoms with Gasteiger partial charge in [0.25, 0.3) is 5.56 Å². The first kappa shape index (κ1) is 12.5. The summed E-state index contributed by atoms with van der Waals surface area (Å²) in [5.74, 6) is -0.532. The third-order valence-corrected chi connectivity index (χ3v) is 3.17. The van der Waals surface area contributed by atoms with Crippen LogP contribution in [-0.2, 0) is 9.47 Å². The molecule has 1 atom stereocenters. The molecule has 1 aliphatic heterocycles. The van der Waals surface area contributed by atoms with Crippen LogP contribution in [0.4, 0.5) is 5.69 Å². The molecule has 7 heteroatoms. The summed E-state index contributed by atoms with van der Waals surface area (Å²) in [6, 6.07) is 0. The lowest BCUT2D eigenvalue weighted by atomic mass is 10.3. The monoisotopic (exact) mass is 303 g/mol. The van der Waals surface area contributed by atoms with Gasteiger partial charge in [-0.1, -0.05) is 0 Å². The quantitative estimate of drug-likeness (QED) is 0.874. The Morgan fingerprint density at radius 2 is 2.47 bits per heavy atom. The van der Waals surface area contributed by atoms with Crippen LogP contribution in [0.25, 0.3) is 0 Å². The molecule has 17 heavy (non-hydrogen) atoms. The lowest BCUT2D eigenvalue weighted by Gasteiger charge is -2.17. The normalized spacial score (nSPS) is 22.6. The molecule has 1 saturated heterocycles. The van der Waals surface area contributed by atoms with Crippen LogP contribution in [0.5, 0.6) is 0 Å². The molecule has 1 fully saturated rings. The highest BCUT2D eigenvalue weighted by atomic mass is 79.9. The molecule has 2 heterocycles. The fourth-order valence-electron chi connectivity index (χ4n) is 1.59. The van der Waals surface area contributed by atoms with E-state index in [-0.39, 0.29) is 11.7 Å². The van der Waals surface area contributed by atoms with Gasteiger partial charge in [0.15, 0.2) is 5.79 Å². The Morgan fingerprint density at radius 3 is 3.12 bits per heavy atom. The van der Waals surface area contributed by atoms with Crippen molar-refractivity contribution in [3.05, 3.63) is 21.0 Å². The maximum Gasteiger partial charge on any atom is 0.280 e. The number of hydrogen-bond acceptors (Lipinski definition) is 5. The van der Waals surface area contributed by atoms with E-state index in [0.29, 0.717) is 23.3 Å². The summed E-state index contributed by atoms with van der Waals surface area (Å²) < 4.78 is 11.5. The molecule has 1 aliphatic rings. The molecule has 0 aliphatic carbocycles. The molecule has 0 aromatic carbocycles. The van der Waals surface area contributed by atoms with Crippen LogP contribution in [0.3, 0.4) is 0 Å². The Morgan fingerprint density at radius 1 is 1.71 bits per heavy atom. The van der Waals surface area contributed by atoms with Gasteiger partial charge in [-0.25, -0.2) is 5.10 Å². The number of nitrogens with one attached hydrogen (secondary N) is 2. The molecule has 0 spiro atoms. The van der Waals surface area contributed by atoms with Crippen molar-refractivity contribution in [3.8, 4) is 0 Å². The SMILES string of the molecule is CC1(C)OCC(CNc2cn[nH]c(=O)c2Br)O1. The fraction of sp³-hybridized carbons (Fsp3) is 0.600. The maximum atomic E-state index is 11.3. The first-order valence-corrected chi connectivity index (χ1v) is 6.06. The molecule has 94 valence electrons. The Bertz CT molecular complexity index is 460. The second kappa shape index (κ2) is 4.75. The van der Waals surface area contributed by atoms with Crippen LogP contribution in [0.2, 0.25) is 0 Å². The molecule has 1 unspecified atom stereocenters. The third kappa shape index (κ3) is 3.05. The number of rotatable bonds is 3. The average Bonchev–Trinajstić information content (AvgIpc) is 2.61. The zero-order valence-corrected chi connectivity index (χ0v) is 11.2. The highest BCUT2D eigenvalue weighted by Crippen LogP contribution is 2.23. The first-order valence-electron chi connectivity index (χ1n) is 5.27. The van der Waals surface area contributed by atoms with E-state index in [2.05, 4.69) is 31.4 Å². The first-order chi connectivity index (χ1) is 7.98. The zero-order chi connectivity index (χ0) is 12.5. The molecule has 2 rings (SSSR count). The summed E-state index contributed by atoms with van der Waals surface area (Å²) in [5.41, 5.74) is 0.376. The maximum absolute atomic E-state index is 11.3. The predicted octanol–water partition coefficient (Wildman–Crippen LogP) is 1.10. The molecular formula is C10H14BrN3O3. The second-order valence-corrected chi connectivity index (χ2v) is 5.05. The van der Waals surface area contributed by atoms with Gasteiger partial charge < -0.3 is 14.8 Å². The zero-order valence-electron chi connectivity index (χ0n) is 9.62. The Balaban J connectivity index is 1.95. The number of aromatic nitrogens is 2. The van der Waals surface area contributed by atoms with E-state index in [1.165, 1.54) is 0 Å². The summed E-state index contributed by atoms with van der Waals surface area (Å²) >= 11 is 3.19. The number of nitrogens with zero attached hydrogens (tertiary/aromatic N) is 1. The van der Waals surface area contributed by atoms with E-state index in [0.717, 1.165) is 0 Å². The van der Waals surface area contributed by atoms with Crippen LogP contribution in [-0.4, -0.2) is 35.2 Å². The van der Waals surface area contributed by atoms with Crippen molar-refractivity contribution in [1.82, 2.24) is 10.2 Å². The number of anilines is 1. The van der Waals surface area contributed by atoms with Gasteiger partial charge in [0.2, 0.25) is 0 Å². The van der Waals surface area contributed by atoms with Crippen LogP contribution in [0.15, 0.2) is 15.5 Å². The fourth-order valence-corrected chi connectivity index (χ4v) is 1.93. The van der Waals surface area contributed by atoms with Gasteiger partial charge in [-0.2, -0.15) is 5.10 Å². The van der Waals surface area contributed by atoms with E-state index >= 15 is 0 Å². The number of hydrogen-bond donors (Lipinski definition) is 2. The molecule has 1 aromatic heterocycles. The summed E-state index contributed by atoms with van der Waals surface area (Å²) in [6.07, 6.45) is 1.52. The lowest BCUT2D eigenvalue weighted by molar-refractivity contribution is -0.136. The van der Waals surface area contributed by atoms with Crippen LogP contribution in [0, 0.1) is 0 Å². The highest BCUT2D eigenvalue weighted by Gasteiger charge is 2.32. The molecule has 0 bridgehead atoms. The smallest absolute Gasteiger partial charge is 0.280 e. The van der Waals surface area contributed by atoms with Gasteiger partial charge in [0, 0.05) is 6.54 Å². The average molecular weight is 304 g/mol. The molecule has 0 saturated carbocycles. The van der Waals surface area contributed by atoms with Gasteiger partial charge in [0.1, 0.15) is 10.6 Å². The van der Waals surface area contributed by atoms with Crippen molar-refractivity contribution in [2.24, 2.45) is 0 Å². The topological polar surface area (TPSA) is 76.2 Å². The van der Waals surface area contributed by atoms with Crippen molar-refractivity contribution in [3.63, 3.8) is 0 Å². The minimum atomic E-state index is -0.532. The van der Waals surface area contributed by atoms with E-state index in [9.17, 15) is 4.79 Å².